The lowest BCUT2D eigenvalue weighted by Crippen LogP contribution is -2.45. The van der Waals surface area contributed by atoms with Crippen LogP contribution in [0.25, 0.3) is 0 Å². The van der Waals surface area contributed by atoms with Crippen molar-refractivity contribution in [1.82, 2.24) is 4.90 Å². The van der Waals surface area contributed by atoms with Crippen LogP contribution >= 0.6 is 0 Å². The molecule has 1 atom stereocenters. The highest BCUT2D eigenvalue weighted by Gasteiger charge is 2.40. The summed E-state index contributed by atoms with van der Waals surface area (Å²) in [7, 11) is 0. The number of halogens is 2. The Morgan fingerprint density at radius 3 is 2.42 bits per heavy atom. The van der Waals surface area contributed by atoms with Gasteiger partial charge in [-0.2, -0.15) is 8.78 Å². The molecule has 1 aromatic carbocycles. The minimum absolute atomic E-state index is 0.0741. The number of aliphatic hydroxyl groups is 1. The smallest absolute Gasteiger partial charge is 0.394 e. The van der Waals surface area contributed by atoms with Crippen molar-refractivity contribution < 1.29 is 18.6 Å². The minimum atomic E-state index is -3.21. The van der Waals surface area contributed by atoms with Crippen LogP contribution in [0.15, 0.2) is 24.3 Å². The van der Waals surface area contributed by atoms with Crippen LogP contribution < -0.4 is 4.74 Å². The van der Waals surface area contributed by atoms with Crippen LogP contribution in [0.2, 0.25) is 0 Å². The molecule has 3 nitrogen and oxygen atoms in total. The molecule has 2 aliphatic rings. The summed E-state index contributed by atoms with van der Waals surface area (Å²) >= 11 is 0. The normalized spacial score (nSPS) is 22.8. The molecule has 2 fully saturated rings. The molecule has 26 heavy (non-hydrogen) atoms. The summed E-state index contributed by atoms with van der Waals surface area (Å²) in [6.07, 6.45) is 5.20. The Labute approximate surface area is 155 Å². The van der Waals surface area contributed by atoms with Crippen LogP contribution in [0.5, 0.6) is 5.75 Å². The molecule has 1 unspecified atom stereocenters. The fraction of sp³-hybridized carbons (Fsp3) is 0.714. The molecule has 1 heterocycles. The number of piperidine rings is 1. The van der Waals surface area contributed by atoms with Gasteiger partial charge in [-0.3, -0.25) is 0 Å². The van der Waals surface area contributed by atoms with E-state index in [-0.39, 0.29) is 11.7 Å². The predicted octanol–water partition coefficient (Wildman–Crippen LogP) is 4.94. The third-order valence-electron chi connectivity index (χ3n) is 5.82. The number of alkyl halides is 2. The highest BCUT2D eigenvalue weighted by molar-refractivity contribution is 5.33. The first-order valence-electron chi connectivity index (χ1n) is 9.97. The molecule has 1 aromatic rings. The Hall–Kier alpha value is -1.20. The van der Waals surface area contributed by atoms with E-state index >= 15 is 0 Å². The standard InChI is InChI=1S/C21H31F2NO2/c1-20(22,23)26-18-10-8-9-17(15-18)19(16-24-13-6-3-7-14-24)21(25)11-4-2-5-12-21/h8-10,15,19,25H,2-7,11-14,16H2,1H3. The first-order valence-corrected chi connectivity index (χ1v) is 9.97. The summed E-state index contributed by atoms with van der Waals surface area (Å²) in [5, 5.41) is 11.4. The summed E-state index contributed by atoms with van der Waals surface area (Å²) in [5.74, 6) is 0.0907. The molecule has 0 bridgehead atoms. The fourth-order valence-corrected chi connectivity index (χ4v) is 4.50. The highest BCUT2D eigenvalue weighted by atomic mass is 19.3. The van der Waals surface area contributed by atoms with E-state index in [1.807, 2.05) is 6.07 Å². The number of benzene rings is 1. The minimum Gasteiger partial charge on any atom is -0.433 e. The summed E-state index contributed by atoms with van der Waals surface area (Å²) in [6.45, 7) is 3.63. The molecule has 1 aliphatic carbocycles. The third-order valence-corrected chi connectivity index (χ3v) is 5.82. The fourth-order valence-electron chi connectivity index (χ4n) is 4.50. The van der Waals surface area contributed by atoms with Crippen LogP contribution in [0.3, 0.4) is 0 Å². The lowest BCUT2D eigenvalue weighted by atomic mass is 9.72. The Kier molecular flexibility index (Phi) is 6.18. The van der Waals surface area contributed by atoms with Crippen molar-refractivity contribution >= 4 is 0 Å². The van der Waals surface area contributed by atoms with E-state index in [1.54, 1.807) is 18.2 Å². The van der Waals surface area contributed by atoms with Gasteiger partial charge in [-0.15, -0.1) is 0 Å². The van der Waals surface area contributed by atoms with Gasteiger partial charge in [0.05, 0.1) is 5.60 Å². The van der Waals surface area contributed by atoms with Crippen molar-refractivity contribution in [1.29, 1.82) is 0 Å². The molecular formula is C21H31F2NO2. The number of ether oxygens (including phenoxy) is 1. The first kappa shape index (κ1) is 19.6. The van der Waals surface area contributed by atoms with Crippen LogP contribution in [0.1, 0.15) is 69.8 Å². The quantitative estimate of drug-likeness (QED) is 0.773. The summed E-state index contributed by atoms with van der Waals surface area (Å²) in [4.78, 5) is 2.42. The topological polar surface area (TPSA) is 32.7 Å². The predicted molar refractivity (Wildman–Crippen MR) is 98.8 cm³/mol. The Morgan fingerprint density at radius 2 is 1.77 bits per heavy atom. The van der Waals surface area contributed by atoms with Gasteiger partial charge in [-0.25, -0.2) is 0 Å². The van der Waals surface area contributed by atoms with E-state index in [1.165, 1.54) is 19.3 Å². The average molecular weight is 367 g/mol. The number of nitrogens with zero attached hydrogens (tertiary/aromatic N) is 1. The van der Waals surface area contributed by atoms with E-state index in [0.717, 1.165) is 64.2 Å². The van der Waals surface area contributed by atoms with Crippen LogP contribution in [0, 0.1) is 0 Å². The second kappa shape index (κ2) is 8.22. The molecule has 1 N–H and O–H groups in total. The first-order chi connectivity index (χ1) is 12.4. The van der Waals surface area contributed by atoms with Gasteiger partial charge in [0, 0.05) is 19.4 Å². The average Bonchev–Trinajstić information content (AvgIpc) is 2.60. The Balaban J connectivity index is 1.85. The SMILES string of the molecule is CC(F)(F)Oc1cccc(C(CN2CCCCC2)C2(O)CCCCC2)c1. The van der Waals surface area contributed by atoms with E-state index < -0.39 is 11.7 Å². The van der Waals surface area contributed by atoms with Gasteiger partial charge in [0.1, 0.15) is 5.75 Å². The largest absolute Gasteiger partial charge is 0.433 e. The summed E-state index contributed by atoms with van der Waals surface area (Å²) in [6, 6.07) is 6.95. The molecule has 1 aliphatic heterocycles. The van der Waals surface area contributed by atoms with Gasteiger partial charge in [-0.1, -0.05) is 37.8 Å². The molecule has 0 spiro atoms. The molecule has 1 saturated heterocycles. The van der Waals surface area contributed by atoms with Crippen molar-refractivity contribution in [3.8, 4) is 5.75 Å². The van der Waals surface area contributed by atoms with Crippen molar-refractivity contribution in [2.45, 2.75) is 75.9 Å². The molecule has 1 saturated carbocycles. The highest BCUT2D eigenvalue weighted by Crippen LogP contribution is 2.41. The molecule has 3 rings (SSSR count). The monoisotopic (exact) mass is 367 g/mol. The lowest BCUT2D eigenvalue weighted by Gasteiger charge is -2.42. The zero-order valence-electron chi connectivity index (χ0n) is 15.7. The number of likely N-dealkylation sites (tertiary alicyclic amines) is 1. The van der Waals surface area contributed by atoms with Crippen LogP contribution in [-0.2, 0) is 0 Å². The van der Waals surface area contributed by atoms with Gasteiger partial charge in [0.2, 0.25) is 0 Å². The zero-order valence-corrected chi connectivity index (χ0v) is 15.7. The molecule has 0 radical (unpaired) electrons. The number of hydrogen-bond acceptors (Lipinski definition) is 3. The van der Waals surface area contributed by atoms with Gasteiger partial charge in [0.25, 0.3) is 0 Å². The third kappa shape index (κ3) is 5.17. The maximum atomic E-state index is 13.3. The van der Waals surface area contributed by atoms with Crippen molar-refractivity contribution in [3.63, 3.8) is 0 Å². The molecule has 5 heteroatoms. The van der Waals surface area contributed by atoms with Gasteiger partial charge in [0.15, 0.2) is 0 Å². The maximum Gasteiger partial charge on any atom is 0.394 e. The molecule has 0 aromatic heterocycles. The van der Waals surface area contributed by atoms with E-state index in [9.17, 15) is 13.9 Å². The lowest BCUT2D eigenvalue weighted by molar-refractivity contribution is -0.159. The zero-order chi connectivity index (χ0) is 18.6. The molecule has 0 amide bonds. The van der Waals surface area contributed by atoms with Gasteiger partial charge in [-0.05, 0) is 56.5 Å². The molecular weight excluding hydrogens is 336 g/mol. The van der Waals surface area contributed by atoms with Crippen molar-refractivity contribution in [3.05, 3.63) is 29.8 Å². The van der Waals surface area contributed by atoms with Gasteiger partial charge < -0.3 is 14.7 Å². The Morgan fingerprint density at radius 1 is 1.12 bits per heavy atom. The van der Waals surface area contributed by atoms with Crippen LogP contribution in [-0.4, -0.2) is 41.4 Å². The Bertz CT molecular complexity index is 576. The van der Waals surface area contributed by atoms with Crippen LogP contribution in [0.4, 0.5) is 8.78 Å². The number of rotatable bonds is 6. The van der Waals surface area contributed by atoms with E-state index in [0.29, 0.717) is 0 Å². The van der Waals surface area contributed by atoms with Crippen molar-refractivity contribution in [2.75, 3.05) is 19.6 Å². The summed E-state index contributed by atoms with van der Waals surface area (Å²) in [5.41, 5.74) is 0.144. The summed E-state index contributed by atoms with van der Waals surface area (Å²) < 4.78 is 31.3. The van der Waals surface area contributed by atoms with E-state index in [2.05, 4.69) is 4.90 Å². The van der Waals surface area contributed by atoms with Crippen molar-refractivity contribution in [2.24, 2.45) is 0 Å². The second-order valence-electron chi connectivity index (χ2n) is 8.06. The van der Waals surface area contributed by atoms with Gasteiger partial charge >= 0.3 is 6.11 Å². The molecule has 146 valence electrons. The van der Waals surface area contributed by atoms with E-state index in [4.69, 9.17) is 4.74 Å². The maximum absolute atomic E-state index is 13.3. The number of hydrogen-bond donors (Lipinski definition) is 1. The second-order valence-corrected chi connectivity index (χ2v) is 8.06.